The highest BCUT2D eigenvalue weighted by Crippen LogP contribution is 2.54. The van der Waals surface area contributed by atoms with Gasteiger partial charge in [-0.25, -0.2) is 0 Å². The van der Waals surface area contributed by atoms with Crippen LogP contribution in [0.25, 0.3) is 10.8 Å². The number of aromatic hydroxyl groups is 2. The molecule has 0 aliphatic carbocycles. The predicted molar refractivity (Wildman–Crippen MR) is 227 cm³/mol. The summed E-state index contributed by atoms with van der Waals surface area (Å²) in [6.45, 7) is 12.0. The second kappa shape index (κ2) is 20.5. The van der Waals surface area contributed by atoms with Gasteiger partial charge >= 0.3 is 17.7 Å². The molecule has 0 saturated carbocycles. The highest BCUT2D eigenvalue weighted by Gasteiger charge is 2.50. The zero-order chi connectivity index (χ0) is 46.4. The number of likely N-dealkylation sites (N-methyl/N-ethyl adjacent to an activating group) is 1. The summed E-state index contributed by atoms with van der Waals surface area (Å²) in [5.41, 5.74) is -0.185. The van der Waals surface area contributed by atoms with Crippen molar-refractivity contribution in [2.75, 3.05) is 32.6 Å². The summed E-state index contributed by atoms with van der Waals surface area (Å²) in [4.78, 5) is 66.0. The summed E-state index contributed by atoms with van der Waals surface area (Å²) in [5, 5.41) is 57.3. The highest BCUT2D eigenvalue weighted by atomic mass is 16.7. The van der Waals surface area contributed by atoms with Crippen molar-refractivity contribution in [1.82, 2.24) is 4.90 Å². The van der Waals surface area contributed by atoms with Gasteiger partial charge in [-0.05, 0) is 32.8 Å². The van der Waals surface area contributed by atoms with Crippen LogP contribution >= 0.6 is 0 Å². The molecule has 340 valence electrons. The SMILES string of the molecule is COC1/C=C/OC2(C)Oc3c(C)c(O)c4c(O)c(cc(OCC(=O)N(C)CCCCC(=O)O)c4c3C2=O)NC(=O)/C(C)=C/C=C/C(C)C(O)C(C)C(O)C(C)C(OC(C)=O)C1C. The van der Waals surface area contributed by atoms with Gasteiger partial charge in [0.2, 0.25) is 0 Å². The number of aliphatic hydroxyl groups excluding tert-OH is 2. The number of amides is 2. The van der Waals surface area contributed by atoms with Gasteiger partial charge in [0.15, 0.2) is 12.4 Å². The Morgan fingerprint density at radius 1 is 0.952 bits per heavy atom. The molecular formula is C45H60N2O15. The largest absolute Gasteiger partial charge is 0.507 e. The number of phenols is 2. The van der Waals surface area contributed by atoms with Gasteiger partial charge in [0.05, 0.1) is 41.2 Å². The van der Waals surface area contributed by atoms with Gasteiger partial charge in [-0.3, -0.25) is 24.0 Å². The summed E-state index contributed by atoms with van der Waals surface area (Å²) in [6.07, 6.45) is 4.08. The van der Waals surface area contributed by atoms with Gasteiger partial charge in [0.1, 0.15) is 23.4 Å². The van der Waals surface area contributed by atoms with Crippen molar-refractivity contribution in [3.8, 4) is 23.0 Å². The number of ketones is 1. The van der Waals surface area contributed by atoms with E-state index in [0.29, 0.717) is 12.8 Å². The molecule has 6 N–H and O–H groups in total. The number of hydrogen-bond acceptors (Lipinski definition) is 14. The monoisotopic (exact) mass is 868 g/mol. The van der Waals surface area contributed by atoms with Crippen LogP contribution in [0.2, 0.25) is 0 Å². The molecule has 0 radical (unpaired) electrons. The van der Waals surface area contributed by atoms with E-state index in [9.17, 15) is 44.4 Å². The predicted octanol–water partition coefficient (Wildman–Crippen LogP) is 5.14. The number of aliphatic carboxylic acids is 1. The van der Waals surface area contributed by atoms with Crippen LogP contribution < -0.4 is 14.8 Å². The number of carboxylic acid groups (broad SMARTS) is 1. The van der Waals surface area contributed by atoms with E-state index < -0.39 is 102 Å². The Morgan fingerprint density at radius 3 is 2.26 bits per heavy atom. The number of carbonyl (C=O) groups is 5. The lowest BCUT2D eigenvalue weighted by molar-refractivity contribution is -0.160. The Hall–Kier alpha value is -5.65. The molecule has 5 rings (SSSR count). The van der Waals surface area contributed by atoms with Gasteiger partial charge in [0.25, 0.3) is 17.6 Å². The Labute approximate surface area is 360 Å². The van der Waals surface area contributed by atoms with Crippen LogP contribution in [0.1, 0.15) is 83.7 Å². The van der Waals surface area contributed by atoms with E-state index in [1.165, 1.54) is 71.2 Å². The molecule has 2 amide bonds. The van der Waals surface area contributed by atoms with Gasteiger partial charge < -0.3 is 59.4 Å². The standard InChI is InChI=1S/C45H60N2O15/c1-22-14-13-15-23(2)44(57)46-29-20-31(59-21-32(49)47(9)18-12-11-16-33(50)51)34-35(40(29)55)39(54)27(6)42-36(34)43(56)45(8,62-42)60-19-17-30(58-10)24(3)41(61-28(7)48)26(5)38(53)25(4)37(22)52/h13-15,17,19-20,22,24-26,30,37-38,41,52-55H,11-12,16,18,21H2,1-10H3,(H,46,57)(H,50,51)/b14-13+,19-17+,23-15+. The number of anilines is 1. The number of methoxy groups -OCH3 is 1. The number of carboxylic acids is 1. The molecule has 0 spiro atoms. The van der Waals surface area contributed by atoms with Crippen LogP contribution in [0.4, 0.5) is 5.69 Å². The van der Waals surface area contributed by atoms with Crippen molar-refractivity contribution in [3.63, 3.8) is 0 Å². The van der Waals surface area contributed by atoms with Gasteiger partial charge in [-0.2, -0.15) is 0 Å². The maximum atomic E-state index is 14.5. The first kappa shape index (κ1) is 49.0. The molecule has 9 unspecified atom stereocenters. The number of phenolic OH excluding ortho intramolecular Hbond substituents is 2. The lowest BCUT2D eigenvalue weighted by Crippen LogP contribution is -2.46. The first-order valence-corrected chi connectivity index (χ1v) is 20.5. The second-order valence-electron chi connectivity index (χ2n) is 16.4. The Kier molecular flexibility index (Phi) is 16.2. The fraction of sp³-hybridized carbons (Fsp3) is 0.533. The van der Waals surface area contributed by atoms with Crippen molar-refractivity contribution in [1.29, 1.82) is 0 Å². The fourth-order valence-electron chi connectivity index (χ4n) is 7.75. The van der Waals surface area contributed by atoms with E-state index in [1.807, 2.05) is 0 Å². The molecular weight excluding hydrogens is 808 g/mol. The topological polar surface area (TPSA) is 248 Å². The molecule has 5 bridgehead atoms. The molecule has 2 aromatic rings. The van der Waals surface area contributed by atoms with Crippen LogP contribution in [-0.2, 0) is 33.4 Å². The average molecular weight is 869 g/mol. The van der Waals surface area contributed by atoms with E-state index in [4.69, 9.17) is 28.8 Å². The minimum atomic E-state index is -2.07. The van der Waals surface area contributed by atoms with Crippen LogP contribution in [0.3, 0.4) is 0 Å². The lowest BCUT2D eigenvalue weighted by Gasteiger charge is -2.38. The maximum absolute atomic E-state index is 14.5. The van der Waals surface area contributed by atoms with Gasteiger partial charge in [-0.1, -0.05) is 45.9 Å². The zero-order valence-electron chi connectivity index (χ0n) is 36.9. The molecule has 0 fully saturated rings. The lowest BCUT2D eigenvalue weighted by atomic mass is 9.78. The van der Waals surface area contributed by atoms with Crippen LogP contribution in [0.5, 0.6) is 23.0 Å². The number of hydrogen-bond donors (Lipinski definition) is 6. The number of nitrogens with one attached hydrogen (secondary N) is 1. The molecule has 3 aliphatic rings. The normalized spacial score (nSPS) is 28.9. The molecule has 9 atom stereocenters. The van der Waals surface area contributed by atoms with Crippen LogP contribution in [-0.4, -0.2) is 117 Å². The molecule has 3 heterocycles. The Balaban J connectivity index is 1.88. The number of nitrogens with zero attached hydrogens (tertiary/aromatic N) is 1. The van der Waals surface area contributed by atoms with Crippen molar-refractivity contribution in [2.45, 2.75) is 105 Å². The second-order valence-corrected chi connectivity index (χ2v) is 16.4. The first-order chi connectivity index (χ1) is 29.1. The average Bonchev–Trinajstić information content (AvgIpc) is 3.49. The molecule has 0 saturated heterocycles. The number of fused-ring (bicyclic) bond motifs is 14. The number of allylic oxidation sites excluding steroid dienone is 2. The summed E-state index contributed by atoms with van der Waals surface area (Å²) in [5.74, 6) is -9.56. The van der Waals surface area contributed by atoms with Crippen molar-refractivity contribution in [3.05, 3.63) is 53.3 Å². The number of ether oxygens (including phenoxy) is 5. The summed E-state index contributed by atoms with van der Waals surface area (Å²) < 4.78 is 29.6. The van der Waals surface area contributed by atoms with Crippen molar-refractivity contribution >= 4 is 46.0 Å². The fourth-order valence-corrected chi connectivity index (χ4v) is 7.75. The number of unbranched alkanes of at least 4 members (excludes halogenated alkanes) is 1. The maximum Gasteiger partial charge on any atom is 0.312 e. The molecule has 2 aromatic carbocycles. The number of carbonyl (C=O) groups excluding carboxylic acids is 4. The van der Waals surface area contributed by atoms with Gasteiger partial charge in [-0.15, -0.1) is 0 Å². The smallest absolute Gasteiger partial charge is 0.312 e. The Morgan fingerprint density at radius 2 is 1.63 bits per heavy atom. The molecule has 0 aromatic heterocycles. The highest BCUT2D eigenvalue weighted by molar-refractivity contribution is 6.21. The summed E-state index contributed by atoms with van der Waals surface area (Å²) >= 11 is 0. The minimum Gasteiger partial charge on any atom is -0.507 e. The van der Waals surface area contributed by atoms with Crippen molar-refractivity contribution in [2.24, 2.45) is 23.7 Å². The van der Waals surface area contributed by atoms with Crippen LogP contribution in [0.15, 0.2) is 42.2 Å². The summed E-state index contributed by atoms with van der Waals surface area (Å²) in [6, 6.07) is 1.21. The Bertz CT molecular complexity index is 2130. The zero-order valence-corrected chi connectivity index (χ0v) is 36.9. The van der Waals surface area contributed by atoms with E-state index in [2.05, 4.69) is 5.32 Å². The summed E-state index contributed by atoms with van der Waals surface area (Å²) in [7, 11) is 2.93. The third kappa shape index (κ3) is 10.7. The quantitative estimate of drug-likeness (QED) is 0.103. The first-order valence-electron chi connectivity index (χ1n) is 20.5. The molecule has 17 heteroatoms. The number of benzene rings is 2. The van der Waals surface area contributed by atoms with Crippen molar-refractivity contribution < 1.29 is 73.2 Å². The van der Waals surface area contributed by atoms with E-state index in [1.54, 1.807) is 39.8 Å². The van der Waals surface area contributed by atoms with Gasteiger partial charge in [0, 0.05) is 87.2 Å². The third-order valence-electron chi connectivity index (χ3n) is 11.7. The number of rotatable bonds is 10. The number of esters is 1. The van der Waals surface area contributed by atoms with E-state index in [-0.39, 0.29) is 57.6 Å². The molecule has 3 aliphatic heterocycles. The molecule has 17 nitrogen and oxygen atoms in total. The number of aliphatic hydroxyl groups is 2. The minimum absolute atomic E-state index is 0.0384. The van der Waals surface area contributed by atoms with E-state index in [0.717, 1.165) is 0 Å². The van der Waals surface area contributed by atoms with E-state index >= 15 is 0 Å². The molecule has 62 heavy (non-hydrogen) atoms. The van der Waals surface area contributed by atoms with Crippen LogP contribution in [0, 0.1) is 30.6 Å². The third-order valence-corrected chi connectivity index (χ3v) is 11.7. The number of Topliss-reactive ketones (excluding diaryl/α,β-unsaturated/α-hetero) is 1.